The van der Waals surface area contributed by atoms with Crippen LogP contribution in [-0.4, -0.2) is 59.2 Å². The predicted molar refractivity (Wildman–Crippen MR) is 118 cm³/mol. The van der Waals surface area contributed by atoms with Gasteiger partial charge in [-0.3, -0.25) is 4.79 Å². The van der Waals surface area contributed by atoms with Gasteiger partial charge in [0.2, 0.25) is 0 Å². The molecule has 160 valence electrons. The summed E-state index contributed by atoms with van der Waals surface area (Å²) in [6, 6.07) is 9.83. The van der Waals surface area contributed by atoms with Gasteiger partial charge in [0.15, 0.2) is 0 Å². The number of benzene rings is 1. The lowest BCUT2D eigenvalue weighted by molar-refractivity contribution is -0.0586. The molecule has 0 aliphatic carbocycles. The van der Waals surface area contributed by atoms with Crippen molar-refractivity contribution in [3.8, 4) is 0 Å². The Hall–Kier alpha value is -2.67. The molecule has 1 amide bonds. The van der Waals surface area contributed by atoms with Crippen LogP contribution in [0.5, 0.6) is 0 Å². The van der Waals surface area contributed by atoms with Crippen LogP contribution in [0, 0.1) is 0 Å². The SMILES string of the molecule is CC1CN(C(=O)c2ccc(CNc3cc(N4CCCCC4)ncn3)cc2)CC(C)O1. The summed E-state index contributed by atoms with van der Waals surface area (Å²) in [6.45, 7) is 8.07. The fourth-order valence-corrected chi connectivity index (χ4v) is 4.22. The molecular weight excluding hydrogens is 378 g/mol. The highest BCUT2D eigenvalue weighted by atomic mass is 16.5. The van der Waals surface area contributed by atoms with Crippen LogP contribution < -0.4 is 10.2 Å². The van der Waals surface area contributed by atoms with Crippen molar-refractivity contribution in [3.05, 3.63) is 47.8 Å². The summed E-state index contributed by atoms with van der Waals surface area (Å²) < 4.78 is 5.73. The molecule has 2 fully saturated rings. The number of amides is 1. The zero-order valence-corrected chi connectivity index (χ0v) is 17.9. The van der Waals surface area contributed by atoms with E-state index in [0.717, 1.165) is 35.9 Å². The first kappa shape index (κ1) is 20.6. The van der Waals surface area contributed by atoms with E-state index in [1.165, 1.54) is 19.3 Å². The second-order valence-electron chi connectivity index (χ2n) is 8.33. The van der Waals surface area contributed by atoms with Crippen LogP contribution >= 0.6 is 0 Å². The van der Waals surface area contributed by atoms with Crippen LogP contribution in [0.2, 0.25) is 0 Å². The Labute approximate surface area is 178 Å². The molecule has 7 heteroatoms. The Bertz CT molecular complexity index is 841. The molecule has 2 atom stereocenters. The molecule has 2 unspecified atom stereocenters. The highest BCUT2D eigenvalue weighted by Crippen LogP contribution is 2.20. The third-order valence-electron chi connectivity index (χ3n) is 5.71. The van der Waals surface area contributed by atoms with Crippen LogP contribution in [-0.2, 0) is 11.3 Å². The van der Waals surface area contributed by atoms with E-state index in [0.29, 0.717) is 19.6 Å². The van der Waals surface area contributed by atoms with Crippen LogP contribution in [0.1, 0.15) is 49.0 Å². The number of carbonyl (C=O) groups is 1. The minimum atomic E-state index is 0.0680. The molecule has 2 aliphatic heterocycles. The van der Waals surface area contributed by atoms with Gasteiger partial charge in [-0.1, -0.05) is 12.1 Å². The zero-order valence-electron chi connectivity index (χ0n) is 17.9. The first-order chi connectivity index (χ1) is 14.6. The number of carbonyl (C=O) groups excluding carboxylic acids is 1. The Kier molecular flexibility index (Phi) is 6.47. The number of rotatable bonds is 5. The number of hydrogen-bond donors (Lipinski definition) is 1. The van der Waals surface area contributed by atoms with Crippen molar-refractivity contribution in [2.45, 2.75) is 51.9 Å². The van der Waals surface area contributed by atoms with Gasteiger partial charge < -0.3 is 19.9 Å². The molecule has 3 heterocycles. The fraction of sp³-hybridized carbons (Fsp3) is 0.522. The van der Waals surface area contributed by atoms with Gasteiger partial charge in [-0.2, -0.15) is 0 Å². The largest absolute Gasteiger partial charge is 0.372 e. The van der Waals surface area contributed by atoms with Gasteiger partial charge >= 0.3 is 0 Å². The number of piperidine rings is 1. The minimum absolute atomic E-state index is 0.0680. The molecule has 0 bridgehead atoms. The van der Waals surface area contributed by atoms with Crippen molar-refractivity contribution in [1.82, 2.24) is 14.9 Å². The maximum absolute atomic E-state index is 12.8. The van der Waals surface area contributed by atoms with Crippen LogP contribution in [0.25, 0.3) is 0 Å². The molecule has 1 aromatic heterocycles. The van der Waals surface area contributed by atoms with E-state index in [-0.39, 0.29) is 18.1 Å². The van der Waals surface area contributed by atoms with Gasteiger partial charge in [0.1, 0.15) is 18.0 Å². The van der Waals surface area contributed by atoms with E-state index >= 15 is 0 Å². The summed E-state index contributed by atoms with van der Waals surface area (Å²) >= 11 is 0. The van der Waals surface area contributed by atoms with E-state index in [4.69, 9.17) is 4.74 Å². The second kappa shape index (κ2) is 9.43. The van der Waals surface area contributed by atoms with Crippen LogP contribution in [0.15, 0.2) is 36.7 Å². The summed E-state index contributed by atoms with van der Waals surface area (Å²) in [4.78, 5) is 25.8. The number of ether oxygens (including phenoxy) is 1. The monoisotopic (exact) mass is 409 g/mol. The van der Waals surface area contributed by atoms with E-state index < -0.39 is 0 Å². The smallest absolute Gasteiger partial charge is 0.254 e. The molecule has 7 nitrogen and oxygen atoms in total. The molecule has 30 heavy (non-hydrogen) atoms. The van der Waals surface area contributed by atoms with E-state index in [9.17, 15) is 4.79 Å². The summed E-state index contributed by atoms with van der Waals surface area (Å²) in [7, 11) is 0. The average Bonchev–Trinajstić information content (AvgIpc) is 2.78. The first-order valence-corrected chi connectivity index (χ1v) is 10.9. The highest BCUT2D eigenvalue weighted by molar-refractivity contribution is 5.94. The van der Waals surface area contributed by atoms with Gasteiger partial charge in [-0.15, -0.1) is 0 Å². The quantitative estimate of drug-likeness (QED) is 0.817. The number of hydrogen-bond acceptors (Lipinski definition) is 6. The van der Waals surface area contributed by atoms with Gasteiger partial charge in [0, 0.05) is 44.4 Å². The van der Waals surface area contributed by atoms with Gasteiger partial charge in [-0.25, -0.2) is 9.97 Å². The first-order valence-electron chi connectivity index (χ1n) is 10.9. The molecular formula is C23H31N5O2. The Morgan fingerprint density at radius 3 is 2.47 bits per heavy atom. The van der Waals surface area contributed by atoms with Crippen molar-refractivity contribution in [2.75, 3.05) is 36.4 Å². The summed E-state index contributed by atoms with van der Waals surface area (Å²) in [5.41, 5.74) is 1.82. The lowest BCUT2D eigenvalue weighted by Gasteiger charge is -2.35. The summed E-state index contributed by atoms with van der Waals surface area (Å²) in [6.07, 6.45) is 5.51. The molecule has 2 aliphatic rings. The second-order valence-corrected chi connectivity index (χ2v) is 8.33. The Morgan fingerprint density at radius 1 is 1.07 bits per heavy atom. The Balaban J connectivity index is 1.34. The molecule has 0 spiro atoms. The topological polar surface area (TPSA) is 70.6 Å². The maximum Gasteiger partial charge on any atom is 0.254 e. The number of anilines is 2. The number of aromatic nitrogens is 2. The van der Waals surface area contributed by atoms with E-state index in [2.05, 4.69) is 20.2 Å². The summed E-state index contributed by atoms with van der Waals surface area (Å²) in [5, 5.41) is 3.37. The number of nitrogens with zero attached hydrogens (tertiary/aromatic N) is 4. The van der Waals surface area contributed by atoms with Crippen LogP contribution in [0.4, 0.5) is 11.6 Å². The lowest BCUT2D eigenvalue weighted by atomic mass is 10.1. The van der Waals surface area contributed by atoms with Crippen molar-refractivity contribution < 1.29 is 9.53 Å². The molecule has 2 saturated heterocycles. The minimum Gasteiger partial charge on any atom is -0.372 e. The molecule has 2 aromatic rings. The lowest BCUT2D eigenvalue weighted by Crippen LogP contribution is -2.48. The van der Waals surface area contributed by atoms with E-state index in [1.807, 2.05) is 49.1 Å². The van der Waals surface area contributed by atoms with E-state index in [1.54, 1.807) is 6.33 Å². The molecule has 0 saturated carbocycles. The standard InChI is InChI=1S/C23H31N5O2/c1-17-14-28(15-18(2)30-17)23(29)20-8-6-19(7-9-20)13-24-21-12-22(26-16-25-21)27-10-4-3-5-11-27/h6-9,12,16-18H,3-5,10-11,13-15H2,1-2H3,(H,24,25,26). The fourth-order valence-electron chi connectivity index (χ4n) is 4.22. The van der Waals surface area contributed by atoms with Gasteiger partial charge in [0.05, 0.1) is 12.2 Å². The van der Waals surface area contributed by atoms with Crippen LogP contribution in [0.3, 0.4) is 0 Å². The van der Waals surface area contributed by atoms with Crippen molar-refractivity contribution in [2.24, 2.45) is 0 Å². The third kappa shape index (κ3) is 5.08. The molecule has 0 radical (unpaired) electrons. The van der Waals surface area contributed by atoms with Crippen molar-refractivity contribution in [1.29, 1.82) is 0 Å². The zero-order chi connectivity index (χ0) is 20.9. The highest BCUT2D eigenvalue weighted by Gasteiger charge is 2.26. The van der Waals surface area contributed by atoms with Gasteiger partial charge in [-0.05, 0) is 50.8 Å². The average molecular weight is 410 g/mol. The Morgan fingerprint density at radius 2 is 1.77 bits per heavy atom. The van der Waals surface area contributed by atoms with Crippen molar-refractivity contribution >= 4 is 17.5 Å². The maximum atomic E-state index is 12.8. The molecule has 1 N–H and O–H groups in total. The number of nitrogens with one attached hydrogen (secondary N) is 1. The predicted octanol–water partition coefficient (Wildman–Crippen LogP) is 3.33. The number of morpholine rings is 1. The van der Waals surface area contributed by atoms with Crippen molar-refractivity contribution in [3.63, 3.8) is 0 Å². The summed E-state index contributed by atoms with van der Waals surface area (Å²) in [5.74, 6) is 1.88. The molecule has 1 aromatic carbocycles. The van der Waals surface area contributed by atoms with Gasteiger partial charge in [0.25, 0.3) is 5.91 Å². The normalized spacial score (nSPS) is 22.1. The third-order valence-corrected chi connectivity index (χ3v) is 5.71. The molecule has 4 rings (SSSR count).